The summed E-state index contributed by atoms with van der Waals surface area (Å²) < 4.78 is 5.68. The van der Waals surface area contributed by atoms with E-state index in [2.05, 4.69) is 24.7 Å². The van der Waals surface area contributed by atoms with E-state index in [0.29, 0.717) is 16.6 Å². The number of nitrogens with one attached hydrogen (secondary N) is 2. The Morgan fingerprint density at radius 3 is 2.23 bits per heavy atom. The molecule has 0 saturated heterocycles. The van der Waals surface area contributed by atoms with Gasteiger partial charge in [0.15, 0.2) is 6.61 Å². The summed E-state index contributed by atoms with van der Waals surface area (Å²) >= 11 is 1.72. The van der Waals surface area contributed by atoms with Gasteiger partial charge in [-0.2, -0.15) is 0 Å². The Bertz CT molecular complexity index is 989. The number of rotatable bonds is 7. The maximum Gasteiger partial charge on any atom is 0.276 e. The molecule has 6 heteroatoms. The molecule has 0 aliphatic carbocycles. The number of hydrogen-bond acceptors (Lipinski definition) is 4. The number of hydrogen-bond donors (Lipinski definition) is 2. The van der Waals surface area contributed by atoms with Crippen LogP contribution in [0.15, 0.2) is 83.8 Å². The number of ether oxygens (including phenoxy) is 1. The maximum atomic E-state index is 12.2. The highest BCUT2D eigenvalue weighted by molar-refractivity contribution is 7.99. The van der Waals surface area contributed by atoms with Crippen LogP contribution in [0.4, 0.5) is 0 Å². The third-order valence-electron chi connectivity index (χ3n) is 4.13. The van der Waals surface area contributed by atoms with Crippen molar-refractivity contribution in [2.24, 2.45) is 0 Å². The van der Waals surface area contributed by atoms with Crippen molar-refractivity contribution in [3.63, 3.8) is 0 Å². The Labute approximate surface area is 180 Å². The molecule has 0 spiro atoms. The van der Waals surface area contributed by atoms with Crippen LogP contribution in [0, 0.1) is 0 Å². The molecule has 0 aliphatic rings. The van der Waals surface area contributed by atoms with Gasteiger partial charge in [-0.25, -0.2) is 0 Å². The molecule has 0 radical (unpaired) electrons. The monoisotopic (exact) mass is 420 g/mol. The molecule has 0 atom stereocenters. The summed E-state index contributed by atoms with van der Waals surface area (Å²) in [6.45, 7) is 4.01. The van der Waals surface area contributed by atoms with Gasteiger partial charge in [0.05, 0.1) is 0 Å². The molecule has 154 valence electrons. The minimum absolute atomic E-state index is 0.214. The van der Waals surface area contributed by atoms with E-state index in [4.69, 9.17) is 4.74 Å². The van der Waals surface area contributed by atoms with Gasteiger partial charge in [-0.15, -0.1) is 11.8 Å². The third kappa shape index (κ3) is 6.12. The van der Waals surface area contributed by atoms with Crippen molar-refractivity contribution >= 4 is 23.6 Å². The average molecular weight is 421 g/mol. The lowest BCUT2D eigenvalue weighted by Gasteiger charge is -2.12. The van der Waals surface area contributed by atoms with E-state index in [1.54, 1.807) is 23.9 Å². The Morgan fingerprint density at radius 1 is 0.867 bits per heavy atom. The number of carbonyl (C=O) groups excluding carboxylic acids is 2. The predicted molar refractivity (Wildman–Crippen MR) is 120 cm³/mol. The molecule has 30 heavy (non-hydrogen) atoms. The minimum atomic E-state index is -0.446. The lowest BCUT2D eigenvalue weighted by Crippen LogP contribution is -2.43. The second-order valence-corrected chi connectivity index (χ2v) is 8.49. The van der Waals surface area contributed by atoms with Gasteiger partial charge < -0.3 is 4.74 Å². The number of amides is 2. The van der Waals surface area contributed by atoms with E-state index in [1.807, 2.05) is 66.7 Å². The van der Waals surface area contributed by atoms with Gasteiger partial charge in [0.2, 0.25) is 0 Å². The van der Waals surface area contributed by atoms with Gasteiger partial charge in [0.1, 0.15) is 5.75 Å². The fraction of sp³-hybridized carbons (Fsp3) is 0.167. The number of para-hydroxylation sites is 1. The molecule has 0 heterocycles. The summed E-state index contributed by atoms with van der Waals surface area (Å²) in [5, 5.41) is 0.469. The van der Waals surface area contributed by atoms with Crippen LogP contribution < -0.4 is 15.6 Å². The Kier molecular flexibility index (Phi) is 7.51. The highest BCUT2D eigenvalue weighted by Crippen LogP contribution is 2.29. The van der Waals surface area contributed by atoms with Gasteiger partial charge >= 0.3 is 0 Å². The van der Waals surface area contributed by atoms with Crippen LogP contribution in [-0.2, 0) is 4.79 Å². The fourth-order valence-electron chi connectivity index (χ4n) is 2.78. The van der Waals surface area contributed by atoms with Crippen LogP contribution in [0.1, 0.15) is 24.2 Å². The van der Waals surface area contributed by atoms with Gasteiger partial charge in [-0.1, -0.05) is 62.4 Å². The van der Waals surface area contributed by atoms with E-state index in [9.17, 15) is 9.59 Å². The number of thioether (sulfide) groups is 1. The number of benzene rings is 3. The van der Waals surface area contributed by atoms with Gasteiger partial charge in [-0.05, 0) is 35.9 Å². The average Bonchev–Trinajstić information content (AvgIpc) is 2.77. The zero-order valence-corrected chi connectivity index (χ0v) is 17.7. The lowest BCUT2D eigenvalue weighted by molar-refractivity contribution is -0.123. The highest BCUT2D eigenvalue weighted by atomic mass is 32.2. The first-order chi connectivity index (χ1) is 14.5. The zero-order chi connectivity index (χ0) is 21.3. The van der Waals surface area contributed by atoms with E-state index in [0.717, 1.165) is 16.0 Å². The van der Waals surface area contributed by atoms with Crippen LogP contribution in [0.5, 0.6) is 5.75 Å². The molecule has 3 rings (SSSR count). The first kappa shape index (κ1) is 21.5. The first-order valence-electron chi connectivity index (χ1n) is 9.66. The SMILES string of the molecule is CC(C)Sc1ccc(C(=O)NNC(=O)COc2ccccc2-c2ccccc2)cc1. The third-order valence-corrected chi connectivity index (χ3v) is 5.15. The van der Waals surface area contributed by atoms with Gasteiger partial charge in [0, 0.05) is 21.3 Å². The molecule has 0 fully saturated rings. The molecular weight excluding hydrogens is 396 g/mol. The van der Waals surface area contributed by atoms with Crippen molar-refractivity contribution in [3.8, 4) is 16.9 Å². The molecule has 0 saturated carbocycles. The summed E-state index contributed by atoms with van der Waals surface area (Å²) in [6, 6.07) is 24.6. The van der Waals surface area contributed by atoms with Crippen molar-refractivity contribution in [1.82, 2.24) is 10.9 Å². The first-order valence-corrected chi connectivity index (χ1v) is 10.5. The quantitative estimate of drug-likeness (QED) is 0.430. The summed E-state index contributed by atoms with van der Waals surface area (Å²) in [7, 11) is 0. The maximum absolute atomic E-state index is 12.2. The second-order valence-electron chi connectivity index (χ2n) is 6.84. The number of hydrazine groups is 1. The normalized spacial score (nSPS) is 10.5. The molecule has 0 bridgehead atoms. The van der Waals surface area contributed by atoms with Crippen molar-refractivity contribution in [3.05, 3.63) is 84.4 Å². The molecule has 3 aromatic rings. The summed E-state index contributed by atoms with van der Waals surface area (Å²) in [5.41, 5.74) is 7.17. The molecular formula is C24H24N2O3S. The van der Waals surface area contributed by atoms with Gasteiger partial charge in [0.25, 0.3) is 11.8 Å². The summed E-state index contributed by atoms with van der Waals surface area (Å²) in [6.07, 6.45) is 0. The molecule has 5 nitrogen and oxygen atoms in total. The minimum Gasteiger partial charge on any atom is -0.483 e. The zero-order valence-electron chi connectivity index (χ0n) is 16.9. The molecule has 0 unspecified atom stereocenters. The fourth-order valence-corrected chi connectivity index (χ4v) is 3.62. The largest absolute Gasteiger partial charge is 0.483 e. The Balaban J connectivity index is 1.52. The van der Waals surface area contributed by atoms with Gasteiger partial charge in [-0.3, -0.25) is 20.4 Å². The molecule has 2 N–H and O–H groups in total. The van der Waals surface area contributed by atoms with Crippen LogP contribution in [0.3, 0.4) is 0 Å². The summed E-state index contributed by atoms with van der Waals surface area (Å²) in [5.74, 6) is -0.226. The Hall–Kier alpha value is -3.25. The van der Waals surface area contributed by atoms with E-state index < -0.39 is 5.91 Å². The van der Waals surface area contributed by atoms with Crippen molar-refractivity contribution in [1.29, 1.82) is 0 Å². The van der Waals surface area contributed by atoms with E-state index in [-0.39, 0.29) is 12.5 Å². The van der Waals surface area contributed by atoms with E-state index in [1.165, 1.54) is 0 Å². The molecule has 2 amide bonds. The van der Waals surface area contributed by atoms with Crippen molar-refractivity contribution in [2.45, 2.75) is 24.0 Å². The van der Waals surface area contributed by atoms with Crippen LogP contribution in [-0.4, -0.2) is 23.7 Å². The topological polar surface area (TPSA) is 67.4 Å². The molecule has 3 aromatic carbocycles. The van der Waals surface area contributed by atoms with Crippen molar-refractivity contribution < 1.29 is 14.3 Å². The predicted octanol–water partition coefficient (Wildman–Crippen LogP) is 4.69. The number of carbonyl (C=O) groups is 2. The summed E-state index contributed by atoms with van der Waals surface area (Å²) in [4.78, 5) is 25.4. The van der Waals surface area contributed by atoms with Crippen LogP contribution >= 0.6 is 11.8 Å². The highest BCUT2D eigenvalue weighted by Gasteiger charge is 2.10. The second kappa shape index (κ2) is 10.5. The Morgan fingerprint density at radius 2 is 1.53 bits per heavy atom. The standard InChI is InChI=1S/C24H24N2O3S/c1-17(2)30-20-14-12-19(13-15-20)24(28)26-25-23(27)16-29-22-11-7-6-10-21(22)18-8-4-3-5-9-18/h3-15,17H,16H2,1-2H3,(H,25,27)(H,26,28). The smallest absolute Gasteiger partial charge is 0.276 e. The van der Waals surface area contributed by atoms with Crippen LogP contribution in [0.25, 0.3) is 11.1 Å². The molecule has 0 aliphatic heterocycles. The van der Waals surface area contributed by atoms with Crippen molar-refractivity contribution in [2.75, 3.05) is 6.61 Å². The van der Waals surface area contributed by atoms with Crippen LogP contribution in [0.2, 0.25) is 0 Å². The molecule has 0 aromatic heterocycles. The van der Waals surface area contributed by atoms with E-state index >= 15 is 0 Å². The lowest BCUT2D eigenvalue weighted by atomic mass is 10.1.